The van der Waals surface area contributed by atoms with Crippen LogP contribution in [0.25, 0.3) is 10.6 Å². The highest BCUT2D eigenvalue weighted by atomic mass is 127. The zero-order chi connectivity index (χ0) is 10.1. The predicted octanol–water partition coefficient (Wildman–Crippen LogP) is 3.54. The maximum Gasteiger partial charge on any atom is 0.116 e. The first-order valence-electron chi connectivity index (χ1n) is 4.49. The van der Waals surface area contributed by atoms with Crippen LogP contribution in [-0.2, 0) is 6.54 Å². The SMILES string of the molecule is CCn1cc(I)c(-c2cc(C)cs2)n1. The van der Waals surface area contributed by atoms with Gasteiger partial charge in [-0.2, -0.15) is 5.10 Å². The third-order valence-electron chi connectivity index (χ3n) is 2.00. The summed E-state index contributed by atoms with van der Waals surface area (Å²) in [4.78, 5) is 1.26. The number of thiophene rings is 1. The lowest BCUT2D eigenvalue weighted by Gasteiger charge is -1.92. The van der Waals surface area contributed by atoms with Crippen molar-refractivity contribution in [3.63, 3.8) is 0 Å². The molecule has 0 aliphatic rings. The molecule has 4 heteroatoms. The first-order chi connectivity index (χ1) is 6.70. The number of nitrogens with zero attached hydrogens (tertiary/aromatic N) is 2. The number of aromatic nitrogens is 2. The average molecular weight is 318 g/mol. The van der Waals surface area contributed by atoms with E-state index in [9.17, 15) is 0 Å². The number of aryl methyl sites for hydroxylation is 2. The van der Waals surface area contributed by atoms with Crippen LogP contribution in [-0.4, -0.2) is 9.78 Å². The summed E-state index contributed by atoms with van der Waals surface area (Å²) in [5.74, 6) is 0. The van der Waals surface area contributed by atoms with E-state index in [0.29, 0.717) is 0 Å². The minimum absolute atomic E-state index is 0.931. The molecule has 0 unspecified atom stereocenters. The molecule has 0 radical (unpaired) electrons. The van der Waals surface area contributed by atoms with Crippen molar-refractivity contribution in [2.24, 2.45) is 0 Å². The minimum atomic E-state index is 0.931. The third kappa shape index (κ3) is 1.86. The fourth-order valence-electron chi connectivity index (χ4n) is 1.28. The summed E-state index contributed by atoms with van der Waals surface area (Å²) in [7, 11) is 0. The van der Waals surface area contributed by atoms with Crippen molar-refractivity contribution in [1.82, 2.24) is 9.78 Å². The number of halogens is 1. The maximum atomic E-state index is 4.53. The Morgan fingerprint density at radius 1 is 1.57 bits per heavy atom. The van der Waals surface area contributed by atoms with Gasteiger partial charge in [-0.1, -0.05) is 0 Å². The van der Waals surface area contributed by atoms with Gasteiger partial charge in [-0.25, -0.2) is 0 Å². The molecule has 0 aliphatic heterocycles. The summed E-state index contributed by atoms with van der Waals surface area (Å²) in [5.41, 5.74) is 2.43. The molecule has 0 spiro atoms. The molecular formula is C10H11IN2S. The van der Waals surface area contributed by atoms with Gasteiger partial charge in [0.05, 0.1) is 8.45 Å². The molecule has 2 aromatic heterocycles. The molecule has 0 bridgehead atoms. The zero-order valence-electron chi connectivity index (χ0n) is 8.12. The van der Waals surface area contributed by atoms with Gasteiger partial charge in [-0.3, -0.25) is 4.68 Å². The molecule has 0 N–H and O–H groups in total. The van der Waals surface area contributed by atoms with Crippen molar-refractivity contribution in [3.05, 3.63) is 26.8 Å². The minimum Gasteiger partial charge on any atom is -0.271 e. The smallest absolute Gasteiger partial charge is 0.116 e. The molecule has 0 saturated carbocycles. The van der Waals surface area contributed by atoms with Crippen LogP contribution in [0.3, 0.4) is 0 Å². The molecule has 2 heterocycles. The van der Waals surface area contributed by atoms with Gasteiger partial charge in [0, 0.05) is 12.7 Å². The topological polar surface area (TPSA) is 17.8 Å². The molecule has 2 aromatic rings. The summed E-state index contributed by atoms with van der Waals surface area (Å²) in [6, 6.07) is 2.19. The van der Waals surface area contributed by atoms with Crippen LogP contribution >= 0.6 is 33.9 Å². The van der Waals surface area contributed by atoms with E-state index in [4.69, 9.17) is 0 Å². The standard InChI is InChI=1S/C10H11IN2S/c1-3-13-5-8(11)10(12-13)9-4-7(2)6-14-9/h4-6H,3H2,1-2H3. The van der Waals surface area contributed by atoms with Crippen LogP contribution < -0.4 is 0 Å². The Balaban J connectivity index is 2.45. The van der Waals surface area contributed by atoms with Crippen molar-refractivity contribution < 1.29 is 0 Å². The van der Waals surface area contributed by atoms with Crippen molar-refractivity contribution >= 4 is 33.9 Å². The molecular weight excluding hydrogens is 307 g/mol. The van der Waals surface area contributed by atoms with Gasteiger partial charge in [0.2, 0.25) is 0 Å². The first-order valence-corrected chi connectivity index (χ1v) is 6.45. The highest BCUT2D eigenvalue weighted by molar-refractivity contribution is 14.1. The van der Waals surface area contributed by atoms with Gasteiger partial charge in [-0.05, 0) is 53.4 Å². The van der Waals surface area contributed by atoms with Gasteiger partial charge in [0.15, 0.2) is 0 Å². The molecule has 2 rings (SSSR count). The first kappa shape index (κ1) is 10.2. The lowest BCUT2D eigenvalue weighted by atomic mass is 10.3. The third-order valence-corrected chi connectivity index (χ3v) is 3.85. The van der Waals surface area contributed by atoms with E-state index in [2.05, 4.69) is 59.2 Å². The van der Waals surface area contributed by atoms with Gasteiger partial charge < -0.3 is 0 Å². The van der Waals surface area contributed by atoms with E-state index >= 15 is 0 Å². The summed E-state index contributed by atoms with van der Waals surface area (Å²) >= 11 is 4.10. The Morgan fingerprint density at radius 2 is 2.36 bits per heavy atom. The van der Waals surface area contributed by atoms with E-state index in [1.165, 1.54) is 14.0 Å². The van der Waals surface area contributed by atoms with Gasteiger partial charge >= 0.3 is 0 Å². The Labute approximate surface area is 101 Å². The van der Waals surface area contributed by atoms with Crippen molar-refractivity contribution in [2.45, 2.75) is 20.4 Å². The molecule has 0 aliphatic carbocycles. The van der Waals surface area contributed by atoms with Crippen LogP contribution in [0, 0.1) is 10.5 Å². The molecule has 2 nitrogen and oxygen atoms in total. The van der Waals surface area contributed by atoms with Crippen molar-refractivity contribution in [2.75, 3.05) is 0 Å². The molecule has 14 heavy (non-hydrogen) atoms. The molecule has 0 fully saturated rings. The number of hydrogen-bond donors (Lipinski definition) is 0. The molecule has 0 atom stereocenters. The Morgan fingerprint density at radius 3 is 2.86 bits per heavy atom. The van der Waals surface area contributed by atoms with Gasteiger partial charge in [-0.15, -0.1) is 11.3 Å². The maximum absolute atomic E-state index is 4.53. The van der Waals surface area contributed by atoms with Crippen LogP contribution in [0.1, 0.15) is 12.5 Å². The monoisotopic (exact) mass is 318 g/mol. The number of hydrogen-bond acceptors (Lipinski definition) is 2. The van der Waals surface area contributed by atoms with Crippen molar-refractivity contribution in [1.29, 1.82) is 0 Å². The molecule has 0 aromatic carbocycles. The summed E-state index contributed by atoms with van der Waals surface area (Å²) in [6.45, 7) is 5.15. The fourth-order valence-corrected chi connectivity index (χ4v) is 3.08. The molecule has 0 saturated heterocycles. The quantitative estimate of drug-likeness (QED) is 0.775. The lowest BCUT2D eigenvalue weighted by molar-refractivity contribution is 0.662. The average Bonchev–Trinajstić information content (AvgIpc) is 2.71. The summed E-state index contributed by atoms with van der Waals surface area (Å²) < 4.78 is 3.21. The van der Waals surface area contributed by atoms with E-state index in [1.807, 2.05) is 4.68 Å². The summed E-state index contributed by atoms with van der Waals surface area (Å²) in [6.07, 6.45) is 2.09. The van der Waals surface area contributed by atoms with Crippen LogP contribution in [0.2, 0.25) is 0 Å². The summed E-state index contributed by atoms with van der Waals surface area (Å²) in [5, 5.41) is 6.69. The highest BCUT2D eigenvalue weighted by Crippen LogP contribution is 2.29. The van der Waals surface area contributed by atoms with Gasteiger partial charge in [0.25, 0.3) is 0 Å². The second-order valence-electron chi connectivity index (χ2n) is 3.17. The molecule has 0 amide bonds. The van der Waals surface area contributed by atoms with Crippen LogP contribution in [0.5, 0.6) is 0 Å². The Bertz CT molecular complexity index is 445. The Kier molecular flexibility index (Phi) is 2.92. The predicted molar refractivity (Wildman–Crippen MR) is 68.7 cm³/mol. The molecule has 74 valence electrons. The normalized spacial score (nSPS) is 10.8. The second kappa shape index (κ2) is 4.02. The fraction of sp³-hybridized carbons (Fsp3) is 0.300. The van der Waals surface area contributed by atoms with E-state index in [-0.39, 0.29) is 0 Å². The largest absolute Gasteiger partial charge is 0.271 e. The van der Waals surface area contributed by atoms with E-state index in [0.717, 1.165) is 12.2 Å². The van der Waals surface area contributed by atoms with Gasteiger partial charge in [0.1, 0.15) is 5.69 Å². The lowest BCUT2D eigenvalue weighted by Crippen LogP contribution is -1.93. The van der Waals surface area contributed by atoms with E-state index < -0.39 is 0 Å². The van der Waals surface area contributed by atoms with E-state index in [1.54, 1.807) is 11.3 Å². The van der Waals surface area contributed by atoms with Crippen LogP contribution in [0.4, 0.5) is 0 Å². The van der Waals surface area contributed by atoms with Crippen molar-refractivity contribution in [3.8, 4) is 10.6 Å². The Hall–Kier alpha value is -0.360. The van der Waals surface area contributed by atoms with Crippen LogP contribution in [0.15, 0.2) is 17.6 Å². The number of rotatable bonds is 2. The highest BCUT2D eigenvalue weighted by Gasteiger charge is 2.09. The zero-order valence-corrected chi connectivity index (χ0v) is 11.1. The second-order valence-corrected chi connectivity index (χ2v) is 5.24.